The summed E-state index contributed by atoms with van der Waals surface area (Å²) < 4.78 is 5.47. The minimum Gasteiger partial charge on any atom is -0.496 e. The molecule has 0 atom stereocenters. The molecule has 0 bridgehead atoms. The number of ether oxygens (including phenoxy) is 1. The van der Waals surface area contributed by atoms with Crippen molar-refractivity contribution < 1.29 is 4.74 Å². The molecular formula is C16H17NO. The molecule has 0 spiro atoms. The van der Waals surface area contributed by atoms with Crippen molar-refractivity contribution in [2.75, 3.05) is 13.7 Å². The maximum atomic E-state index is 5.73. The highest BCUT2D eigenvalue weighted by Crippen LogP contribution is 2.41. The van der Waals surface area contributed by atoms with Crippen LogP contribution in [0.15, 0.2) is 36.4 Å². The first-order chi connectivity index (χ1) is 8.85. The van der Waals surface area contributed by atoms with E-state index in [1.54, 1.807) is 7.11 Å². The number of hydrogen-bond donors (Lipinski definition) is 1. The molecule has 0 radical (unpaired) electrons. The molecule has 0 amide bonds. The first-order valence-electron chi connectivity index (χ1n) is 6.32. The average molecular weight is 239 g/mol. The van der Waals surface area contributed by atoms with Crippen LogP contribution >= 0.6 is 0 Å². The minimum atomic E-state index is 0.656. The Hall–Kier alpha value is -1.80. The van der Waals surface area contributed by atoms with Crippen molar-refractivity contribution in [2.24, 2.45) is 5.73 Å². The molecule has 0 fully saturated rings. The molecule has 0 unspecified atom stereocenters. The van der Waals surface area contributed by atoms with Gasteiger partial charge in [-0.15, -0.1) is 0 Å². The van der Waals surface area contributed by atoms with Gasteiger partial charge in [-0.3, -0.25) is 0 Å². The van der Waals surface area contributed by atoms with Crippen LogP contribution < -0.4 is 10.5 Å². The van der Waals surface area contributed by atoms with Crippen LogP contribution in [-0.2, 0) is 12.8 Å². The third-order valence-corrected chi connectivity index (χ3v) is 3.68. The second-order valence-corrected chi connectivity index (χ2v) is 4.65. The Morgan fingerprint density at radius 3 is 2.72 bits per heavy atom. The Morgan fingerprint density at radius 2 is 1.94 bits per heavy atom. The van der Waals surface area contributed by atoms with Gasteiger partial charge >= 0.3 is 0 Å². The standard InChI is InChI=1S/C16H17NO/c1-18-16-7-6-13-12-5-3-2-4-11(12)10-15(13)14(16)8-9-17/h2-7H,8-10,17H2,1H3. The monoisotopic (exact) mass is 239 g/mol. The summed E-state index contributed by atoms with van der Waals surface area (Å²) in [5.74, 6) is 0.965. The van der Waals surface area contributed by atoms with E-state index < -0.39 is 0 Å². The number of hydrogen-bond acceptors (Lipinski definition) is 2. The molecule has 0 saturated heterocycles. The number of fused-ring (bicyclic) bond motifs is 3. The SMILES string of the molecule is COc1ccc2c(c1CCN)Cc1ccccc1-2. The van der Waals surface area contributed by atoms with Crippen LogP contribution in [0.5, 0.6) is 5.75 Å². The Balaban J connectivity index is 2.18. The third-order valence-electron chi connectivity index (χ3n) is 3.68. The second-order valence-electron chi connectivity index (χ2n) is 4.65. The van der Waals surface area contributed by atoms with Gasteiger partial charge in [-0.1, -0.05) is 30.3 Å². The quantitative estimate of drug-likeness (QED) is 0.762. The van der Waals surface area contributed by atoms with Gasteiger partial charge in [0.1, 0.15) is 5.75 Å². The maximum Gasteiger partial charge on any atom is 0.122 e. The minimum absolute atomic E-state index is 0.656. The fourth-order valence-electron chi connectivity index (χ4n) is 2.86. The summed E-state index contributed by atoms with van der Waals surface area (Å²) in [5.41, 5.74) is 12.5. The van der Waals surface area contributed by atoms with Crippen LogP contribution in [0.25, 0.3) is 11.1 Å². The lowest BCUT2D eigenvalue weighted by Gasteiger charge is -2.13. The molecule has 2 heteroatoms. The molecular weight excluding hydrogens is 222 g/mol. The summed E-state index contributed by atoms with van der Waals surface area (Å²) in [7, 11) is 1.73. The largest absolute Gasteiger partial charge is 0.496 e. The Kier molecular flexibility index (Phi) is 2.80. The second kappa shape index (κ2) is 4.46. The zero-order valence-electron chi connectivity index (χ0n) is 10.6. The average Bonchev–Trinajstić information content (AvgIpc) is 2.78. The third kappa shape index (κ3) is 1.61. The van der Waals surface area contributed by atoms with E-state index in [-0.39, 0.29) is 0 Å². The topological polar surface area (TPSA) is 35.2 Å². The molecule has 2 aromatic carbocycles. The lowest BCUT2D eigenvalue weighted by Crippen LogP contribution is -2.07. The van der Waals surface area contributed by atoms with Gasteiger partial charge in [0.25, 0.3) is 0 Å². The van der Waals surface area contributed by atoms with E-state index in [0.717, 1.165) is 18.6 Å². The van der Waals surface area contributed by atoms with E-state index in [9.17, 15) is 0 Å². The molecule has 0 aromatic heterocycles. The molecule has 2 N–H and O–H groups in total. The van der Waals surface area contributed by atoms with Gasteiger partial charge in [-0.05, 0) is 53.3 Å². The van der Waals surface area contributed by atoms with Gasteiger partial charge in [0.05, 0.1) is 7.11 Å². The van der Waals surface area contributed by atoms with Crippen LogP contribution in [0.4, 0.5) is 0 Å². The van der Waals surface area contributed by atoms with Crippen molar-refractivity contribution in [3.63, 3.8) is 0 Å². The molecule has 2 nitrogen and oxygen atoms in total. The number of benzene rings is 2. The number of nitrogens with two attached hydrogens (primary N) is 1. The number of rotatable bonds is 3. The fourth-order valence-corrected chi connectivity index (χ4v) is 2.86. The summed E-state index contributed by atoms with van der Waals surface area (Å²) in [5, 5.41) is 0. The first kappa shape index (κ1) is 11.3. The van der Waals surface area contributed by atoms with Crippen molar-refractivity contribution >= 4 is 0 Å². The fraction of sp³-hybridized carbons (Fsp3) is 0.250. The van der Waals surface area contributed by atoms with Crippen molar-refractivity contribution in [3.05, 3.63) is 53.1 Å². The lowest BCUT2D eigenvalue weighted by atomic mass is 9.98. The zero-order valence-corrected chi connectivity index (χ0v) is 10.6. The summed E-state index contributed by atoms with van der Waals surface area (Å²) in [6, 6.07) is 12.8. The van der Waals surface area contributed by atoms with Crippen LogP contribution in [0, 0.1) is 0 Å². The molecule has 18 heavy (non-hydrogen) atoms. The maximum absolute atomic E-state index is 5.73. The highest BCUT2D eigenvalue weighted by Gasteiger charge is 2.22. The van der Waals surface area contributed by atoms with E-state index >= 15 is 0 Å². The first-order valence-corrected chi connectivity index (χ1v) is 6.32. The van der Waals surface area contributed by atoms with Crippen molar-refractivity contribution in [3.8, 4) is 16.9 Å². The summed E-state index contributed by atoms with van der Waals surface area (Å²) >= 11 is 0. The highest BCUT2D eigenvalue weighted by molar-refractivity contribution is 5.79. The summed E-state index contributed by atoms with van der Waals surface area (Å²) in [6.07, 6.45) is 1.87. The van der Waals surface area contributed by atoms with E-state index in [1.807, 2.05) is 0 Å². The molecule has 1 aliphatic carbocycles. The van der Waals surface area contributed by atoms with Crippen LogP contribution in [0.2, 0.25) is 0 Å². The van der Waals surface area contributed by atoms with Crippen molar-refractivity contribution in [2.45, 2.75) is 12.8 Å². The molecule has 2 aromatic rings. The van der Waals surface area contributed by atoms with Gasteiger partial charge < -0.3 is 10.5 Å². The van der Waals surface area contributed by atoms with Crippen LogP contribution in [-0.4, -0.2) is 13.7 Å². The van der Waals surface area contributed by atoms with Crippen molar-refractivity contribution in [1.29, 1.82) is 0 Å². The molecule has 1 aliphatic rings. The molecule has 92 valence electrons. The lowest BCUT2D eigenvalue weighted by molar-refractivity contribution is 0.409. The van der Waals surface area contributed by atoms with Gasteiger partial charge in [0.2, 0.25) is 0 Å². The van der Waals surface area contributed by atoms with Crippen molar-refractivity contribution in [1.82, 2.24) is 0 Å². The zero-order chi connectivity index (χ0) is 12.5. The molecule has 3 rings (SSSR count). The van der Waals surface area contributed by atoms with E-state index in [4.69, 9.17) is 10.5 Å². The number of methoxy groups -OCH3 is 1. The van der Waals surface area contributed by atoms with E-state index in [2.05, 4.69) is 36.4 Å². The smallest absolute Gasteiger partial charge is 0.122 e. The normalized spacial score (nSPS) is 12.1. The van der Waals surface area contributed by atoms with E-state index in [1.165, 1.54) is 27.8 Å². The summed E-state index contributed by atoms with van der Waals surface area (Å²) in [4.78, 5) is 0. The van der Waals surface area contributed by atoms with Gasteiger partial charge in [0.15, 0.2) is 0 Å². The van der Waals surface area contributed by atoms with E-state index in [0.29, 0.717) is 6.54 Å². The van der Waals surface area contributed by atoms with Gasteiger partial charge in [-0.2, -0.15) is 0 Å². The van der Waals surface area contributed by atoms with Gasteiger partial charge in [-0.25, -0.2) is 0 Å². The van der Waals surface area contributed by atoms with Gasteiger partial charge in [0, 0.05) is 0 Å². The predicted octanol–water partition coefficient (Wildman–Crippen LogP) is 2.77. The highest BCUT2D eigenvalue weighted by atomic mass is 16.5. The Morgan fingerprint density at radius 1 is 1.11 bits per heavy atom. The Bertz CT molecular complexity index is 590. The van der Waals surface area contributed by atoms with Crippen LogP contribution in [0.1, 0.15) is 16.7 Å². The predicted molar refractivity (Wildman–Crippen MR) is 74.0 cm³/mol. The van der Waals surface area contributed by atoms with Crippen LogP contribution in [0.3, 0.4) is 0 Å². The molecule has 0 aliphatic heterocycles. The Labute approximate surface area is 107 Å². The molecule has 0 saturated carbocycles. The summed E-state index contributed by atoms with van der Waals surface area (Å²) in [6.45, 7) is 0.656. The molecule has 0 heterocycles.